The Bertz CT molecular complexity index is 745. The van der Waals surface area contributed by atoms with Crippen LogP contribution < -0.4 is 5.32 Å². The van der Waals surface area contributed by atoms with Gasteiger partial charge in [0.2, 0.25) is 0 Å². The van der Waals surface area contributed by atoms with Gasteiger partial charge in [-0.1, -0.05) is 24.6 Å². The standard InChI is InChI=1S/C19H19F2NO3/c20-15-8-5-13(6-9-15)14-7-10-16(17(21)12-14)19(25)22-11-3-1-2-4-18(23)24/h5-10,12H,1-4,11H2,(H,22,25)(H,23,24). The Morgan fingerprint density at radius 3 is 2.24 bits per heavy atom. The number of amides is 1. The van der Waals surface area contributed by atoms with Crippen LogP contribution >= 0.6 is 0 Å². The molecule has 0 saturated carbocycles. The highest BCUT2D eigenvalue weighted by Crippen LogP contribution is 2.22. The van der Waals surface area contributed by atoms with Gasteiger partial charge in [-0.2, -0.15) is 0 Å². The lowest BCUT2D eigenvalue weighted by Gasteiger charge is -2.08. The third-order valence-corrected chi connectivity index (χ3v) is 3.74. The molecule has 2 N–H and O–H groups in total. The molecule has 132 valence electrons. The Morgan fingerprint density at radius 2 is 1.60 bits per heavy atom. The van der Waals surface area contributed by atoms with Crippen molar-refractivity contribution >= 4 is 11.9 Å². The smallest absolute Gasteiger partial charge is 0.303 e. The molecule has 0 radical (unpaired) electrons. The average Bonchev–Trinajstić information content (AvgIpc) is 2.58. The Labute approximate surface area is 144 Å². The molecule has 0 saturated heterocycles. The van der Waals surface area contributed by atoms with Gasteiger partial charge in [0.15, 0.2) is 0 Å². The molecule has 0 atom stereocenters. The molecule has 0 bridgehead atoms. The van der Waals surface area contributed by atoms with Crippen molar-refractivity contribution in [3.63, 3.8) is 0 Å². The van der Waals surface area contributed by atoms with Crippen molar-refractivity contribution in [3.8, 4) is 11.1 Å². The van der Waals surface area contributed by atoms with Gasteiger partial charge in [0.25, 0.3) is 5.91 Å². The molecule has 0 heterocycles. The minimum atomic E-state index is -0.840. The zero-order valence-electron chi connectivity index (χ0n) is 13.6. The number of hydrogen-bond donors (Lipinski definition) is 2. The van der Waals surface area contributed by atoms with Crippen molar-refractivity contribution in [2.75, 3.05) is 6.54 Å². The first-order valence-corrected chi connectivity index (χ1v) is 8.03. The fraction of sp³-hybridized carbons (Fsp3) is 0.263. The van der Waals surface area contributed by atoms with Crippen LogP contribution in [0.1, 0.15) is 36.0 Å². The summed E-state index contributed by atoms with van der Waals surface area (Å²) < 4.78 is 27.1. The van der Waals surface area contributed by atoms with Crippen LogP contribution in [0.25, 0.3) is 11.1 Å². The number of carbonyl (C=O) groups is 2. The molecule has 0 aliphatic carbocycles. The van der Waals surface area contributed by atoms with Gasteiger partial charge in [-0.3, -0.25) is 9.59 Å². The molecule has 0 aromatic heterocycles. The van der Waals surface area contributed by atoms with Crippen molar-refractivity contribution in [2.45, 2.75) is 25.7 Å². The van der Waals surface area contributed by atoms with Gasteiger partial charge in [-0.25, -0.2) is 8.78 Å². The van der Waals surface area contributed by atoms with E-state index in [-0.39, 0.29) is 17.8 Å². The van der Waals surface area contributed by atoms with E-state index in [2.05, 4.69) is 5.32 Å². The lowest BCUT2D eigenvalue weighted by Crippen LogP contribution is -2.25. The number of carbonyl (C=O) groups excluding carboxylic acids is 1. The van der Waals surface area contributed by atoms with E-state index in [1.807, 2.05) is 0 Å². The minimum absolute atomic E-state index is 0.0589. The van der Waals surface area contributed by atoms with Crippen LogP contribution in [0.4, 0.5) is 8.78 Å². The summed E-state index contributed by atoms with van der Waals surface area (Å²) in [7, 11) is 0. The number of hydrogen-bond acceptors (Lipinski definition) is 2. The molecule has 0 aliphatic rings. The van der Waals surface area contributed by atoms with Crippen LogP contribution in [0.2, 0.25) is 0 Å². The third kappa shape index (κ3) is 5.67. The average molecular weight is 347 g/mol. The van der Waals surface area contributed by atoms with Gasteiger partial charge in [-0.05, 0) is 48.2 Å². The van der Waals surface area contributed by atoms with Crippen molar-refractivity contribution in [1.29, 1.82) is 0 Å². The first-order valence-electron chi connectivity index (χ1n) is 8.03. The first kappa shape index (κ1) is 18.6. The maximum Gasteiger partial charge on any atom is 0.303 e. The van der Waals surface area contributed by atoms with Crippen LogP contribution in [0.3, 0.4) is 0 Å². The zero-order chi connectivity index (χ0) is 18.2. The van der Waals surface area contributed by atoms with E-state index in [1.165, 1.54) is 24.3 Å². The quantitative estimate of drug-likeness (QED) is 0.709. The Morgan fingerprint density at radius 1 is 0.920 bits per heavy atom. The summed E-state index contributed by atoms with van der Waals surface area (Å²) >= 11 is 0. The molecule has 0 fully saturated rings. The Balaban J connectivity index is 1.90. The highest BCUT2D eigenvalue weighted by molar-refractivity contribution is 5.95. The molecule has 6 heteroatoms. The summed E-state index contributed by atoms with van der Waals surface area (Å²) in [6.07, 6.45) is 1.96. The molecule has 0 unspecified atom stereocenters. The van der Waals surface area contributed by atoms with E-state index in [4.69, 9.17) is 5.11 Å². The van der Waals surface area contributed by atoms with E-state index >= 15 is 0 Å². The maximum absolute atomic E-state index is 14.2. The molecule has 4 nitrogen and oxygen atoms in total. The summed E-state index contributed by atoms with van der Waals surface area (Å²) in [5, 5.41) is 11.1. The second-order valence-electron chi connectivity index (χ2n) is 5.66. The van der Waals surface area contributed by atoms with Crippen molar-refractivity contribution in [3.05, 3.63) is 59.7 Å². The lowest BCUT2D eigenvalue weighted by atomic mass is 10.0. The normalized spacial score (nSPS) is 10.5. The fourth-order valence-corrected chi connectivity index (χ4v) is 2.40. The number of carboxylic acids is 1. The number of halogens is 2. The molecule has 25 heavy (non-hydrogen) atoms. The summed E-state index contributed by atoms with van der Waals surface area (Å²) in [6, 6.07) is 9.92. The third-order valence-electron chi connectivity index (χ3n) is 3.74. The first-order chi connectivity index (χ1) is 12.0. The van der Waals surface area contributed by atoms with E-state index in [0.717, 1.165) is 0 Å². The Hall–Kier alpha value is -2.76. The number of carboxylic acid groups (broad SMARTS) is 1. The second kappa shape index (κ2) is 8.92. The summed E-state index contributed by atoms with van der Waals surface area (Å²) in [4.78, 5) is 22.4. The molecule has 2 aromatic rings. The second-order valence-corrected chi connectivity index (χ2v) is 5.66. The van der Waals surface area contributed by atoms with Crippen LogP contribution in [-0.2, 0) is 4.79 Å². The van der Waals surface area contributed by atoms with Crippen LogP contribution in [-0.4, -0.2) is 23.5 Å². The number of nitrogens with one attached hydrogen (secondary N) is 1. The largest absolute Gasteiger partial charge is 0.481 e. The number of rotatable bonds is 8. The van der Waals surface area contributed by atoms with E-state index in [0.29, 0.717) is 36.9 Å². The molecule has 1 amide bonds. The van der Waals surface area contributed by atoms with E-state index in [9.17, 15) is 18.4 Å². The van der Waals surface area contributed by atoms with Gasteiger partial charge in [0.05, 0.1) is 5.56 Å². The fourth-order valence-electron chi connectivity index (χ4n) is 2.40. The molecule has 2 aromatic carbocycles. The van der Waals surface area contributed by atoms with Gasteiger partial charge in [0.1, 0.15) is 11.6 Å². The molecule has 0 spiro atoms. The predicted molar refractivity (Wildman–Crippen MR) is 90.2 cm³/mol. The molecular weight excluding hydrogens is 328 g/mol. The molecule has 0 aliphatic heterocycles. The molecular formula is C19H19F2NO3. The van der Waals surface area contributed by atoms with Gasteiger partial charge < -0.3 is 10.4 Å². The summed E-state index contributed by atoms with van der Waals surface area (Å²) in [5.74, 6) is -2.37. The van der Waals surface area contributed by atoms with Gasteiger partial charge >= 0.3 is 5.97 Å². The Kier molecular flexibility index (Phi) is 6.62. The van der Waals surface area contributed by atoms with E-state index < -0.39 is 17.7 Å². The van der Waals surface area contributed by atoms with Crippen LogP contribution in [0.5, 0.6) is 0 Å². The number of aliphatic carboxylic acids is 1. The zero-order valence-corrected chi connectivity index (χ0v) is 13.6. The van der Waals surface area contributed by atoms with Crippen molar-refractivity contribution in [1.82, 2.24) is 5.32 Å². The van der Waals surface area contributed by atoms with Crippen molar-refractivity contribution < 1.29 is 23.5 Å². The highest BCUT2D eigenvalue weighted by atomic mass is 19.1. The lowest BCUT2D eigenvalue weighted by molar-refractivity contribution is -0.137. The molecule has 2 rings (SSSR count). The topological polar surface area (TPSA) is 66.4 Å². The predicted octanol–water partition coefficient (Wildman–Crippen LogP) is 4.01. The number of unbranched alkanes of at least 4 members (excludes halogenated alkanes) is 2. The monoisotopic (exact) mass is 347 g/mol. The van der Waals surface area contributed by atoms with Gasteiger partial charge in [0, 0.05) is 13.0 Å². The SMILES string of the molecule is O=C(O)CCCCCNC(=O)c1ccc(-c2ccc(F)cc2)cc1F. The van der Waals surface area contributed by atoms with Crippen LogP contribution in [0.15, 0.2) is 42.5 Å². The summed E-state index contributed by atoms with van der Waals surface area (Å²) in [5.41, 5.74) is 1.16. The van der Waals surface area contributed by atoms with Gasteiger partial charge in [-0.15, -0.1) is 0 Å². The van der Waals surface area contributed by atoms with Crippen LogP contribution in [0, 0.1) is 11.6 Å². The number of benzene rings is 2. The maximum atomic E-state index is 14.2. The summed E-state index contributed by atoms with van der Waals surface area (Å²) in [6.45, 7) is 0.359. The minimum Gasteiger partial charge on any atom is -0.481 e. The van der Waals surface area contributed by atoms with Crippen molar-refractivity contribution in [2.24, 2.45) is 0 Å². The highest BCUT2D eigenvalue weighted by Gasteiger charge is 2.12. The van der Waals surface area contributed by atoms with E-state index in [1.54, 1.807) is 18.2 Å².